The summed E-state index contributed by atoms with van der Waals surface area (Å²) in [6.45, 7) is 4.70. The summed E-state index contributed by atoms with van der Waals surface area (Å²) >= 11 is 0. The van der Waals surface area contributed by atoms with Crippen molar-refractivity contribution in [1.82, 2.24) is 9.21 Å². The van der Waals surface area contributed by atoms with Gasteiger partial charge in [-0.3, -0.25) is 9.69 Å². The SMILES string of the molecule is CC(=O)N1CC[C@H]2CC[C@@H](CN(CC3CCCC3)Cc3ccccc31)N2S(C)(=O)=O. The molecule has 0 N–H and O–H groups in total. The van der Waals surface area contributed by atoms with E-state index in [1.54, 1.807) is 11.2 Å². The van der Waals surface area contributed by atoms with Crippen LogP contribution >= 0.6 is 0 Å². The molecule has 2 fully saturated rings. The molecule has 1 amide bonds. The maximum Gasteiger partial charge on any atom is 0.223 e. The number of carbonyl (C=O) groups is 1. The van der Waals surface area contributed by atoms with Crippen molar-refractivity contribution in [2.24, 2.45) is 5.92 Å². The highest BCUT2D eigenvalue weighted by Gasteiger charge is 2.41. The van der Waals surface area contributed by atoms with Crippen LogP contribution in [-0.2, 0) is 21.4 Å². The van der Waals surface area contributed by atoms with E-state index in [9.17, 15) is 13.2 Å². The zero-order valence-electron chi connectivity index (χ0n) is 18.3. The molecular weight excluding hydrogens is 398 g/mol. The highest BCUT2D eigenvalue weighted by atomic mass is 32.2. The molecule has 1 aliphatic carbocycles. The first-order chi connectivity index (χ1) is 14.3. The summed E-state index contributed by atoms with van der Waals surface area (Å²) in [7, 11) is -3.29. The third-order valence-electron chi connectivity index (χ3n) is 7.14. The highest BCUT2D eigenvalue weighted by Crippen LogP contribution is 2.34. The van der Waals surface area contributed by atoms with Crippen LogP contribution in [0.25, 0.3) is 0 Å². The average Bonchev–Trinajstić information content (AvgIpc) is 3.31. The van der Waals surface area contributed by atoms with Crippen molar-refractivity contribution in [3.8, 4) is 0 Å². The van der Waals surface area contributed by atoms with Gasteiger partial charge in [-0.15, -0.1) is 0 Å². The Bertz CT molecular complexity index is 866. The van der Waals surface area contributed by atoms with E-state index in [0.29, 0.717) is 18.9 Å². The van der Waals surface area contributed by atoms with E-state index in [-0.39, 0.29) is 18.0 Å². The molecule has 30 heavy (non-hydrogen) atoms. The second-order valence-electron chi connectivity index (χ2n) is 9.41. The molecular formula is C23H35N3O3S. The molecule has 0 unspecified atom stereocenters. The zero-order valence-corrected chi connectivity index (χ0v) is 19.1. The molecule has 1 saturated carbocycles. The van der Waals surface area contributed by atoms with Gasteiger partial charge in [0.05, 0.1) is 6.26 Å². The summed E-state index contributed by atoms with van der Waals surface area (Å²) < 4.78 is 27.2. The van der Waals surface area contributed by atoms with Gasteiger partial charge in [-0.2, -0.15) is 4.31 Å². The van der Waals surface area contributed by atoms with E-state index in [1.165, 1.54) is 31.9 Å². The molecule has 0 spiro atoms. The van der Waals surface area contributed by atoms with Gasteiger partial charge in [0.15, 0.2) is 0 Å². The molecule has 1 aromatic rings. The van der Waals surface area contributed by atoms with Crippen LogP contribution in [-0.4, -0.2) is 61.5 Å². The van der Waals surface area contributed by atoms with Crippen molar-refractivity contribution in [3.63, 3.8) is 0 Å². The monoisotopic (exact) mass is 433 g/mol. The van der Waals surface area contributed by atoms with Crippen LogP contribution in [0.1, 0.15) is 57.4 Å². The first kappa shape index (κ1) is 21.8. The fraction of sp³-hybridized carbons (Fsp3) is 0.696. The number of fused-ring (bicyclic) bond motifs is 3. The standard InChI is InChI=1S/C23H35N3O3S/c1-18(27)25-14-13-21-11-12-22(26(21)30(2,28)29)17-24(15-19-7-3-4-8-19)16-20-9-5-6-10-23(20)25/h5-6,9-10,19,21-22H,3-4,7-8,11-17H2,1-2H3/t21-,22+/m1/s1. The summed E-state index contributed by atoms with van der Waals surface area (Å²) in [4.78, 5) is 16.8. The van der Waals surface area contributed by atoms with E-state index in [0.717, 1.165) is 43.7 Å². The topological polar surface area (TPSA) is 60.9 Å². The Morgan fingerprint density at radius 2 is 1.73 bits per heavy atom. The van der Waals surface area contributed by atoms with E-state index in [1.807, 2.05) is 23.1 Å². The van der Waals surface area contributed by atoms with Crippen LogP contribution in [0.4, 0.5) is 5.69 Å². The first-order valence-corrected chi connectivity index (χ1v) is 13.2. The molecule has 2 heterocycles. The number of carbonyl (C=O) groups excluding carboxylic acids is 1. The van der Waals surface area contributed by atoms with Crippen molar-refractivity contribution in [2.45, 2.75) is 70.5 Å². The summed E-state index contributed by atoms with van der Waals surface area (Å²) in [5.74, 6) is 0.708. The number of hydrogen-bond donors (Lipinski definition) is 0. The first-order valence-electron chi connectivity index (χ1n) is 11.4. The predicted octanol–water partition coefficient (Wildman–Crippen LogP) is 3.23. The predicted molar refractivity (Wildman–Crippen MR) is 120 cm³/mol. The number of sulfonamides is 1. The Balaban J connectivity index is 1.71. The Labute approximate surface area is 181 Å². The highest BCUT2D eigenvalue weighted by molar-refractivity contribution is 7.88. The van der Waals surface area contributed by atoms with Crippen LogP contribution in [0, 0.1) is 5.92 Å². The molecule has 0 radical (unpaired) electrons. The zero-order chi connectivity index (χ0) is 21.3. The lowest BCUT2D eigenvalue weighted by Crippen LogP contribution is -2.47. The van der Waals surface area contributed by atoms with Crippen molar-refractivity contribution in [3.05, 3.63) is 29.8 Å². The third-order valence-corrected chi connectivity index (χ3v) is 8.50. The Morgan fingerprint density at radius 3 is 2.43 bits per heavy atom. The molecule has 2 bridgehead atoms. The molecule has 7 heteroatoms. The number of rotatable bonds is 3. The quantitative estimate of drug-likeness (QED) is 0.734. The second-order valence-corrected chi connectivity index (χ2v) is 11.3. The number of benzene rings is 1. The van der Waals surface area contributed by atoms with E-state index in [4.69, 9.17) is 0 Å². The van der Waals surface area contributed by atoms with Gasteiger partial charge in [0, 0.05) is 50.9 Å². The summed E-state index contributed by atoms with van der Waals surface area (Å²) in [5.41, 5.74) is 2.14. The van der Waals surface area contributed by atoms with Crippen molar-refractivity contribution in [2.75, 3.05) is 30.8 Å². The Kier molecular flexibility index (Phi) is 6.51. The van der Waals surface area contributed by atoms with Gasteiger partial charge in [-0.1, -0.05) is 31.0 Å². The van der Waals surface area contributed by atoms with Crippen LogP contribution in [0.2, 0.25) is 0 Å². The van der Waals surface area contributed by atoms with Gasteiger partial charge in [0.1, 0.15) is 0 Å². The van der Waals surface area contributed by atoms with Gasteiger partial charge < -0.3 is 4.90 Å². The Morgan fingerprint density at radius 1 is 1.03 bits per heavy atom. The van der Waals surface area contributed by atoms with Crippen LogP contribution in [0.3, 0.4) is 0 Å². The maximum absolute atomic E-state index is 12.7. The lowest BCUT2D eigenvalue weighted by atomic mass is 10.0. The van der Waals surface area contributed by atoms with Crippen LogP contribution in [0.5, 0.6) is 0 Å². The molecule has 4 rings (SSSR count). The summed E-state index contributed by atoms with van der Waals surface area (Å²) in [6.07, 6.45) is 8.93. The summed E-state index contributed by atoms with van der Waals surface area (Å²) in [5, 5.41) is 0. The van der Waals surface area contributed by atoms with Crippen molar-refractivity contribution < 1.29 is 13.2 Å². The minimum absolute atomic E-state index is 0.0180. The minimum Gasteiger partial charge on any atom is -0.312 e. The Hall–Kier alpha value is -1.44. The lowest BCUT2D eigenvalue weighted by molar-refractivity contribution is -0.116. The number of para-hydroxylation sites is 1. The lowest BCUT2D eigenvalue weighted by Gasteiger charge is -2.33. The minimum atomic E-state index is -3.29. The average molecular weight is 434 g/mol. The second kappa shape index (κ2) is 8.97. The van der Waals surface area contributed by atoms with Crippen LogP contribution in [0.15, 0.2) is 24.3 Å². The normalized spacial score (nSPS) is 27.1. The number of amides is 1. The molecule has 2 aliphatic heterocycles. The summed E-state index contributed by atoms with van der Waals surface area (Å²) in [6, 6.07) is 8.20. The number of nitrogens with zero attached hydrogens (tertiary/aromatic N) is 3. The molecule has 3 aliphatic rings. The molecule has 166 valence electrons. The van der Waals surface area contributed by atoms with Gasteiger partial charge >= 0.3 is 0 Å². The van der Waals surface area contributed by atoms with E-state index >= 15 is 0 Å². The van der Waals surface area contributed by atoms with E-state index in [2.05, 4.69) is 11.0 Å². The number of anilines is 1. The van der Waals surface area contributed by atoms with Gasteiger partial charge in [-0.25, -0.2) is 8.42 Å². The molecule has 1 saturated heterocycles. The fourth-order valence-electron chi connectivity index (χ4n) is 5.86. The largest absolute Gasteiger partial charge is 0.312 e. The maximum atomic E-state index is 12.7. The number of hydrogen-bond acceptors (Lipinski definition) is 4. The van der Waals surface area contributed by atoms with Gasteiger partial charge in [0.25, 0.3) is 0 Å². The van der Waals surface area contributed by atoms with Gasteiger partial charge in [-0.05, 0) is 49.7 Å². The van der Waals surface area contributed by atoms with Gasteiger partial charge in [0.2, 0.25) is 15.9 Å². The molecule has 0 aromatic heterocycles. The van der Waals surface area contributed by atoms with E-state index < -0.39 is 10.0 Å². The fourth-order valence-corrected chi connectivity index (χ4v) is 7.32. The van der Waals surface area contributed by atoms with Crippen molar-refractivity contribution >= 4 is 21.6 Å². The van der Waals surface area contributed by atoms with Crippen molar-refractivity contribution in [1.29, 1.82) is 0 Å². The molecule has 6 nitrogen and oxygen atoms in total. The molecule has 2 atom stereocenters. The third kappa shape index (κ3) is 4.73. The molecule has 1 aromatic carbocycles. The van der Waals surface area contributed by atoms with Crippen LogP contribution < -0.4 is 4.90 Å². The smallest absolute Gasteiger partial charge is 0.223 e.